The Morgan fingerprint density at radius 1 is 1.39 bits per heavy atom. The molecule has 0 spiro atoms. The Morgan fingerprint density at radius 3 is 2.67 bits per heavy atom. The van der Waals surface area contributed by atoms with Crippen LogP contribution in [0, 0.1) is 17.0 Å². The molecule has 0 unspecified atom stereocenters. The van der Waals surface area contributed by atoms with Crippen molar-refractivity contribution in [2.75, 3.05) is 0 Å². The third-order valence-electron chi connectivity index (χ3n) is 2.13. The quantitative estimate of drug-likeness (QED) is 0.648. The number of hydrogen-bond acceptors (Lipinski definition) is 6. The summed E-state index contributed by atoms with van der Waals surface area (Å²) in [5.74, 6) is -1.98. The molecule has 92 valence electrons. The zero-order valence-electron chi connectivity index (χ0n) is 9.15. The summed E-state index contributed by atoms with van der Waals surface area (Å²) in [6, 6.07) is 4.22. The van der Waals surface area contributed by atoms with Crippen LogP contribution in [0.5, 0.6) is 0 Å². The molecule has 2 aromatic rings. The van der Waals surface area contributed by atoms with E-state index >= 15 is 0 Å². The lowest BCUT2D eigenvalue weighted by Crippen LogP contribution is -1.95. The Kier molecular flexibility index (Phi) is 2.76. The lowest BCUT2D eigenvalue weighted by Gasteiger charge is -1.98. The number of hydrogen-bond donors (Lipinski definition) is 1. The number of non-ortho nitro benzene ring substituents is 1. The summed E-state index contributed by atoms with van der Waals surface area (Å²) in [5.41, 5.74) is 0.816. The summed E-state index contributed by atoms with van der Waals surface area (Å²) in [6.45, 7) is 1.67. The molecule has 1 aromatic carbocycles. The molecule has 1 aromatic heterocycles. The van der Waals surface area contributed by atoms with Crippen molar-refractivity contribution in [2.45, 2.75) is 6.92 Å². The molecule has 0 atom stereocenters. The van der Waals surface area contributed by atoms with E-state index in [9.17, 15) is 14.9 Å². The van der Waals surface area contributed by atoms with E-state index in [-0.39, 0.29) is 11.6 Å². The number of benzene rings is 1. The first-order valence-corrected chi connectivity index (χ1v) is 4.80. The van der Waals surface area contributed by atoms with Crippen LogP contribution in [0.25, 0.3) is 11.5 Å². The van der Waals surface area contributed by atoms with Crippen molar-refractivity contribution in [3.05, 3.63) is 39.8 Å². The molecule has 0 aliphatic carbocycles. The Morgan fingerprint density at radius 2 is 2.11 bits per heavy atom. The molecule has 0 radical (unpaired) electrons. The molecule has 2 rings (SSSR count). The highest BCUT2D eigenvalue weighted by Crippen LogP contribution is 2.24. The van der Waals surface area contributed by atoms with Gasteiger partial charge in [0.15, 0.2) is 0 Å². The number of nitrogens with zero attached hydrogens (tertiary/aromatic N) is 3. The predicted octanol–water partition coefficient (Wildman–Crippen LogP) is 1.65. The lowest BCUT2D eigenvalue weighted by atomic mass is 10.1. The van der Waals surface area contributed by atoms with Gasteiger partial charge >= 0.3 is 11.9 Å². The van der Waals surface area contributed by atoms with Crippen LogP contribution in [-0.4, -0.2) is 26.2 Å². The second kappa shape index (κ2) is 4.24. The molecule has 0 saturated carbocycles. The third-order valence-corrected chi connectivity index (χ3v) is 2.13. The largest absolute Gasteiger partial charge is 0.474 e. The highest BCUT2D eigenvalue weighted by atomic mass is 16.6. The molecular weight excluding hydrogens is 242 g/mol. The lowest BCUT2D eigenvalue weighted by molar-refractivity contribution is -0.384. The molecule has 0 bridgehead atoms. The van der Waals surface area contributed by atoms with Crippen molar-refractivity contribution in [1.82, 2.24) is 10.2 Å². The number of rotatable bonds is 3. The summed E-state index contributed by atoms with van der Waals surface area (Å²) < 4.78 is 4.88. The van der Waals surface area contributed by atoms with Crippen molar-refractivity contribution >= 4 is 11.7 Å². The van der Waals surface area contributed by atoms with Gasteiger partial charge in [0, 0.05) is 17.7 Å². The predicted molar refractivity (Wildman–Crippen MR) is 58.1 cm³/mol. The Bertz CT molecular complexity index is 634. The molecule has 18 heavy (non-hydrogen) atoms. The number of nitro groups is 1. The van der Waals surface area contributed by atoms with Crippen molar-refractivity contribution in [3.63, 3.8) is 0 Å². The fourth-order valence-electron chi connectivity index (χ4n) is 1.42. The van der Waals surface area contributed by atoms with Gasteiger partial charge < -0.3 is 9.52 Å². The van der Waals surface area contributed by atoms with E-state index in [4.69, 9.17) is 9.52 Å². The van der Waals surface area contributed by atoms with Crippen LogP contribution in [-0.2, 0) is 0 Å². The molecule has 8 nitrogen and oxygen atoms in total. The maximum Gasteiger partial charge on any atom is 0.393 e. The van der Waals surface area contributed by atoms with Crippen molar-refractivity contribution < 1.29 is 19.2 Å². The number of aromatic carboxylic acids is 1. The van der Waals surface area contributed by atoms with Gasteiger partial charge in [-0.1, -0.05) is 0 Å². The van der Waals surface area contributed by atoms with E-state index in [1.54, 1.807) is 13.0 Å². The summed E-state index contributed by atoms with van der Waals surface area (Å²) in [5, 5.41) is 26.2. The number of aryl methyl sites for hydroxylation is 1. The average molecular weight is 249 g/mol. The van der Waals surface area contributed by atoms with Crippen LogP contribution < -0.4 is 0 Å². The monoisotopic (exact) mass is 249 g/mol. The first-order valence-electron chi connectivity index (χ1n) is 4.80. The van der Waals surface area contributed by atoms with Crippen molar-refractivity contribution in [1.29, 1.82) is 0 Å². The highest BCUT2D eigenvalue weighted by Gasteiger charge is 2.17. The van der Waals surface area contributed by atoms with Gasteiger partial charge in [0.1, 0.15) is 0 Å². The van der Waals surface area contributed by atoms with Gasteiger partial charge in [0.05, 0.1) is 4.92 Å². The molecule has 8 heteroatoms. The summed E-state index contributed by atoms with van der Waals surface area (Å²) in [4.78, 5) is 20.7. The van der Waals surface area contributed by atoms with Gasteiger partial charge in [0.25, 0.3) is 5.69 Å². The van der Waals surface area contributed by atoms with Crippen LogP contribution in [0.15, 0.2) is 22.6 Å². The Labute approximate surface area is 100 Å². The second-order valence-corrected chi connectivity index (χ2v) is 3.53. The molecule has 0 fully saturated rings. The summed E-state index contributed by atoms with van der Waals surface area (Å²) in [7, 11) is 0. The van der Waals surface area contributed by atoms with Gasteiger partial charge in [0.2, 0.25) is 5.89 Å². The Balaban J connectivity index is 2.49. The minimum Gasteiger partial charge on any atom is -0.474 e. The smallest absolute Gasteiger partial charge is 0.393 e. The first kappa shape index (κ1) is 11.7. The molecule has 1 heterocycles. The van der Waals surface area contributed by atoms with Crippen LogP contribution in [0.2, 0.25) is 0 Å². The van der Waals surface area contributed by atoms with Gasteiger partial charge in [-0.05, 0) is 18.6 Å². The Hall–Kier alpha value is -2.77. The highest BCUT2D eigenvalue weighted by molar-refractivity contribution is 5.82. The second-order valence-electron chi connectivity index (χ2n) is 3.53. The summed E-state index contributed by atoms with van der Waals surface area (Å²) in [6.07, 6.45) is 0. The van der Waals surface area contributed by atoms with Crippen LogP contribution in [0.4, 0.5) is 5.69 Å². The standard InChI is InChI=1S/C10H7N3O5/c1-5-2-6(4-7(3-5)13(16)17)8-11-12-9(18-8)10(14)15/h2-4H,1H3,(H,14,15). The van der Waals surface area contributed by atoms with E-state index in [0.29, 0.717) is 11.1 Å². The normalized spacial score (nSPS) is 10.3. The van der Waals surface area contributed by atoms with Crippen LogP contribution in [0.1, 0.15) is 16.2 Å². The fourth-order valence-corrected chi connectivity index (χ4v) is 1.42. The maximum atomic E-state index is 10.7. The van der Waals surface area contributed by atoms with Crippen molar-refractivity contribution in [2.24, 2.45) is 0 Å². The van der Waals surface area contributed by atoms with Crippen LogP contribution in [0.3, 0.4) is 0 Å². The van der Waals surface area contributed by atoms with Gasteiger partial charge in [-0.25, -0.2) is 4.79 Å². The number of carboxylic acid groups (broad SMARTS) is 1. The van der Waals surface area contributed by atoms with E-state index in [1.807, 2.05) is 0 Å². The van der Waals surface area contributed by atoms with E-state index in [0.717, 1.165) is 0 Å². The molecule has 0 amide bonds. The summed E-state index contributed by atoms with van der Waals surface area (Å²) >= 11 is 0. The number of nitro benzene ring substituents is 1. The fraction of sp³-hybridized carbons (Fsp3) is 0.100. The minimum absolute atomic E-state index is 0.0702. The average Bonchev–Trinajstić information content (AvgIpc) is 2.77. The van der Waals surface area contributed by atoms with E-state index in [1.165, 1.54) is 12.1 Å². The SMILES string of the molecule is Cc1cc(-c2nnc(C(=O)O)o2)cc([N+](=O)[O-])c1. The third kappa shape index (κ3) is 2.17. The van der Waals surface area contributed by atoms with E-state index < -0.39 is 16.8 Å². The number of carboxylic acids is 1. The number of aromatic nitrogens is 2. The van der Waals surface area contributed by atoms with Crippen LogP contribution >= 0.6 is 0 Å². The number of carbonyl (C=O) groups is 1. The van der Waals surface area contributed by atoms with Gasteiger partial charge in [-0.3, -0.25) is 10.1 Å². The van der Waals surface area contributed by atoms with Crippen molar-refractivity contribution in [3.8, 4) is 11.5 Å². The molecular formula is C10H7N3O5. The molecule has 0 aliphatic heterocycles. The van der Waals surface area contributed by atoms with E-state index in [2.05, 4.69) is 10.2 Å². The molecule has 0 saturated heterocycles. The topological polar surface area (TPSA) is 119 Å². The van der Waals surface area contributed by atoms with Gasteiger partial charge in [-0.2, -0.15) is 0 Å². The minimum atomic E-state index is -1.35. The molecule has 0 aliphatic rings. The first-order chi connectivity index (χ1) is 8.47. The van der Waals surface area contributed by atoms with Gasteiger partial charge in [-0.15, -0.1) is 10.2 Å². The molecule has 1 N–H and O–H groups in total. The zero-order valence-corrected chi connectivity index (χ0v) is 9.15. The maximum absolute atomic E-state index is 10.7. The zero-order chi connectivity index (χ0) is 13.3.